The maximum atomic E-state index is 12.6. The molecule has 1 aromatic heterocycles. The fourth-order valence-electron chi connectivity index (χ4n) is 2.31. The summed E-state index contributed by atoms with van der Waals surface area (Å²) in [6.45, 7) is -0.885. The average Bonchev–Trinajstić information content (AvgIpc) is 2.87. The number of nitrogens with zero attached hydrogens (tertiary/aromatic N) is 3. The van der Waals surface area contributed by atoms with Crippen LogP contribution >= 0.6 is 0 Å². The molecule has 0 spiro atoms. The van der Waals surface area contributed by atoms with Crippen molar-refractivity contribution in [1.82, 2.24) is 14.5 Å². The highest BCUT2D eigenvalue weighted by Gasteiger charge is 2.25. The van der Waals surface area contributed by atoms with Crippen LogP contribution in [-0.4, -0.2) is 38.6 Å². The highest BCUT2D eigenvalue weighted by Crippen LogP contribution is 2.22. The van der Waals surface area contributed by atoms with Crippen molar-refractivity contribution in [3.8, 4) is 0 Å². The average molecular weight is 259 g/mol. The molecule has 1 fully saturated rings. The van der Waals surface area contributed by atoms with Crippen LogP contribution in [0.1, 0.15) is 25.2 Å². The Balaban J connectivity index is 1.91. The van der Waals surface area contributed by atoms with Gasteiger partial charge in [-0.05, 0) is 18.9 Å². The minimum absolute atomic E-state index is 0.109. The maximum Gasteiger partial charge on any atom is 0.319 e. The summed E-state index contributed by atoms with van der Waals surface area (Å²) in [6.07, 6.45) is 3.54. The van der Waals surface area contributed by atoms with Crippen LogP contribution in [0.25, 0.3) is 0 Å². The first-order chi connectivity index (χ1) is 8.56. The van der Waals surface area contributed by atoms with Gasteiger partial charge in [-0.25, -0.2) is 4.98 Å². The summed E-state index contributed by atoms with van der Waals surface area (Å²) in [7, 11) is 0. The highest BCUT2D eigenvalue weighted by atomic mass is 19.3. The Morgan fingerprint density at radius 2 is 2.39 bits per heavy atom. The molecule has 0 aliphatic carbocycles. The normalized spacial score (nSPS) is 20.7. The summed E-state index contributed by atoms with van der Waals surface area (Å²) < 4.78 is 26.1. The van der Waals surface area contributed by atoms with E-state index in [-0.39, 0.29) is 12.3 Å². The second-order valence-corrected chi connectivity index (χ2v) is 4.52. The number of carbonyl (C=O) groups is 1. The number of rotatable bonds is 5. The first-order valence-electron chi connectivity index (χ1n) is 5.80. The summed E-state index contributed by atoms with van der Waals surface area (Å²) in [5.74, 6) is -0.380. The molecule has 0 amide bonds. The summed E-state index contributed by atoms with van der Waals surface area (Å²) in [5.41, 5.74) is 0. The Kier molecular flexibility index (Phi) is 3.90. The van der Waals surface area contributed by atoms with Crippen molar-refractivity contribution in [2.75, 3.05) is 13.1 Å². The lowest BCUT2D eigenvalue weighted by Gasteiger charge is -2.16. The van der Waals surface area contributed by atoms with Crippen LogP contribution in [0.15, 0.2) is 12.4 Å². The van der Waals surface area contributed by atoms with Crippen molar-refractivity contribution < 1.29 is 18.7 Å². The van der Waals surface area contributed by atoms with Gasteiger partial charge in [0.2, 0.25) is 0 Å². The SMILES string of the molecule is O=C(O)CC1CCN(Cc2nccn2C(F)F)C1. The molecule has 100 valence electrons. The van der Waals surface area contributed by atoms with Gasteiger partial charge < -0.3 is 5.11 Å². The Labute approximate surface area is 103 Å². The van der Waals surface area contributed by atoms with Crippen molar-refractivity contribution in [2.45, 2.75) is 25.9 Å². The lowest BCUT2D eigenvalue weighted by molar-refractivity contribution is -0.138. The molecule has 1 aliphatic rings. The fraction of sp³-hybridized carbons (Fsp3) is 0.636. The number of alkyl halides is 2. The molecule has 1 atom stereocenters. The third-order valence-electron chi connectivity index (χ3n) is 3.16. The standard InChI is InChI=1S/C11H15F2N3O2/c12-11(13)16-4-2-14-9(16)7-15-3-1-8(6-15)5-10(17)18/h2,4,8,11H,1,3,5-7H2,(H,17,18). The maximum absolute atomic E-state index is 12.6. The number of hydrogen-bond acceptors (Lipinski definition) is 3. The minimum Gasteiger partial charge on any atom is -0.481 e. The van der Waals surface area contributed by atoms with Crippen molar-refractivity contribution in [1.29, 1.82) is 0 Å². The van der Waals surface area contributed by atoms with Gasteiger partial charge >= 0.3 is 12.5 Å². The number of halogens is 2. The molecule has 1 aromatic rings. The number of hydrogen-bond donors (Lipinski definition) is 1. The predicted octanol–water partition coefficient (Wildman–Crippen LogP) is 1.57. The van der Waals surface area contributed by atoms with E-state index in [1.165, 1.54) is 12.4 Å². The molecule has 2 rings (SSSR count). The minimum atomic E-state index is -2.58. The Morgan fingerprint density at radius 1 is 1.61 bits per heavy atom. The summed E-state index contributed by atoms with van der Waals surface area (Å²) in [4.78, 5) is 16.5. The van der Waals surface area contributed by atoms with E-state index in [2.05, 4.69) is 4.98 Å². The molecule has 0 saturated carbocycles. The Bertz CT molecular complexity index is 422. The number of aliphatic carboxylic acids is 1. The van der Waals surface area contributed by atoms with Crippen molar-refractivity contribution in [3.63, 3.8) is 0 Å². The van der Waals surface area contributed by atoms with E-state index < -0.39 is 12.5 Å². The van der Waals surface area contributed by atoms with E-state index in [0.29, 0.717) is 18.9 Å². The molecule has 0 aromatic carbocycles. The van der Waals surface area contributed by atoms with Crippen LogP contribution in [-0.2, 0) is 11.3 Å². The van der Waals surface area contributed by atoms with Crippen LogP contribution in [0.2, 0.25) is 0 Å². The molecular weight excluding hydrogens is 244 g/mol. The molecule has 7 heteroatoms. The second-order valence-electron chi connectivity index (χ2n) is 4.52. The van der Waals surface area contributed by atoms with E-state index in [1.807, 2.05) is 4.90 Å². The van der Waals surface area contributed by atoms with Crippen molar-refractivity contribution in [3.05, 3.63) is 18.2 Å². The van der Waals surface area contributed by atoms with Gasteiger partial charge in [-0.15, -0.1) is 0 Å². The number of carboxylic acids is 1. The zero-order valence-electron chi connectivity index (χ0n) is 9.80. The lowest BCUT2D eigenvalue weighted by atomic mass is 10.1. The second kappa shape index (κ2) is 5.43. The van der Waals surface area contributed by atoms with Crippen LogP contribution in [0, 0.1) is 5.92 Å². The molecule has 1 saturated heterocycles. The van der Waals surface area contributed by atoms with Crippen molar-refractivity contribution >= 4 is 5.97 Å². The van der Waals surface area contributed by atoms with Crippen molar-refractivity contribution in [2.24, 2.45) is 5.92 Å². The molecule has 0 radical (unpaired) electrons. The first-order valence-corrected chi connectivity index (χ1v) is 5.80. The van der Waals surface area contributed by atoms with Gasteiger partial charge in [-0.3, -0.25) is 14.3 Å². The molecular formula is C11H15F2N3O2. The Morgan fingerprint density at radius 3 is 3.06 bits per heavy atom. The largest absolute Gasteiger partial charge is 0.481 e. The molecule has 1 unspecified atom stereocenters. The van der Waals surface area contributed by atoms with Crippen LogP contribution in [0.4, 0.5) is 8.78 Å². The zero-order valence-corrected chi connectivity index (χ0v) is 9.80. The summed E-state index contributed by atoms with van der Waals surface area (Å²) >= 11 is 0. The highest BCUT2D eigenvalue weighted by molar-refractivity contribution is 5.67. The van der Waals surface area contributed by atoms with Gasteiger partial charge in [0.1, 0.15) is 5.82 Å². The van der Waals surface area contributed by atoms with E-state index in [0.717, 1.165) is 17.5 Å². The third-order valence-corrected chi connectivity index (χ3v) is 3.16. The quantitative estimate of drug-likeness (QED) is 0.872. The van der Waals surface area contributed by atoms with E-state index in [4.69, 9.17) is 5.11 Å². The van der Waals surface area contributed by atoms with Crippen LogP contribution in [0.5, 0.6) is 0 Å². The van der Waals surface area contributed by atoms with Gasteiger partial charge in [0.25, 0.3) is 0 Å². The summed E-state index contributed by atoms with van der Waals surface area (Å²) in [5, 5.41) is 8.70. The topological polar surface area (TPSA) is 58.4 Å². The van der Waals surface area contributed by atoms with Gasteiger partial charge in [-0.2, -0.15) is 8.78 Å². The summed E-state index contributed by atoms with van der Waals surface area (Å²) in [6, 6.07) is 0. The van der Waals surface area contributed by atoms with Gasteiger partial charge in [0, 0.05) is 25.4 Å². The molecule has 5 nitrogen and oxygen atoms in total. The fourth-order valence-corrected chi connectivity index (χ4v) is 2.31. The molecule has 0 bridgehead atoms. The predicted molar refractivity (Wildman–Crippen MR) is 59.1 cm³/mol. The van der Waals surface area contributed by atoms with Crippen LogP contribution < -0.4 is 0 Å². The van der Waals surface area contributed by atoms with E-state index >= 15 is 0 Å². The smallest absolute Gasteiger partial charge is 0.319 e. The van der Waals surface area contributed by atoms with Gasteiger partial charge in [0.15, 0.2) is 0 Å². The third kappa shape index (κ3) is 3.04. The van der Waals surface area contributed by atoms with E-state index in [9.17, 15) is 13.6 Å². The number of imidazole rings is 1. The molecule has 1 N–H and O–H groups in total. The Hall–Kier alpha value is -1.50. The molecule has 2 heterocycles. The number of aromatic nitrogens is 2. The zero-order chi connectivity index (χ0) is 13.1. The molecule has 18 heavy (non-hydrogen) atoms. The van der Waals surface area contributed by atoms with Gasteiger partial charge in [0.05, 0.1) is 6.54 Å². The lowest BCUT2D eigenvalue weighted by Crippen LogP contribution is -2.23. The number of likely N-dealkylation sites (tertiary alicyclic amines) is 1. The monoisotopic (exact) mass is 259 g/mol. The first kappa shape index (κ1) is 12.9. The van der Waals surface area contributed by atoms with Gasteiger partial charge in [-0.1, -0.05) is 0 Å². The number of carboxylic acid groups (broad SMARTS) is 1. The molecule has 1 aliphatic heterocycles. The van der Waals surface area contributed by atoms with E-state index in [1.54, 1.807) is 0 Å². The van der Waals surface area contributed by atoms with Crippen LogP contribution in [0.3, 0.4) is 0 Å².